The summed E-state index contributed by atoms with van der Waals surface area (Å²) in [6.07, 6.45) is 7.84. The summed E-state index contributed by atoms with van der Waals surface area (Å²) in [4.78, 5) is 19.4. The first-order chi connectivity index (χ1) is 8.27. The van der Waals surface area contributed by atoms with Crippen LogP contribution in [-0.2, 0) is 0 Å². The molecule has 0 aliphatic rings. The predicted octanol–water partition coefficient (Wildman–Crippen LogP) is 2.41. The predicted molar refractivity (Wildman–Crippen MR) is 71.2 cm³/mol. The van der Waals surface area contributed by atoms with Crippen LogP contribution in [0.25, 0.3) is 0 Å². The Bertz CT molecular complexity index is 326. The molecule has 1 aromatic heterocycles. The van der Waals surface area contributed by atoms with Crippen molar-refractivity contribution in [1.82, 2.24) is 15.3 Å². The first-order valence-corrected chi connectivity index (χ1v) is 6.99. The highest BCUT2D eigenvalue weighted by Crippen LogP contribution is 2.11. The number of hydrogen-bond donors (Lipinski definition) is 1. The molecule has 94 valence electrons. The third kappa shape index (κ3) is 5.26. The largest absolute Gasteiger partial charge is 0.352 e. The van der Waals surface area contributed by atoms with Gasteiger partial charge in [0, 0.05) is 24.3 Å². The average Bonchev–Trinajstić information content (AvgIpc) is 2.37. The number of carbonyl (C=O) groups is 1. The molecule has 1 unspecified atom stereocenters. The van der Waals surface area contributed by atoms with Gasteiger partial charge in [-0.3, -0.25) is 4.79 Å². The molecule has 1 aromatic rings. The highest BCUT2D eigenvalue weighted by molar-refractivity contribution is 9.09. The van der Waals surface area contributed by atoms with E-state index in [1.54, 1.807) is 0 Å². The van der Waals surface area contributed by atoms with Crippen molar-refractivity contribution in [2.24, 2.45) is 5.92 Å². The molecule has 1 atom stereocenters. The third-order valence-electron chi connectivity index (χ3n) is 2.59. The molecule has 0 saturated heterocycles. The Labute approximate surface area is 110 Å². The van der Waals surface area contributed by atoms with E-state index >= 15 is 0 Å². The van der Waals surface area contributed by atoms with Gasteiger partial charge in [0.15, 0.2) is 0 Å². The van der Waals surface area contributed by atoms with Gasteiger partial charge in [0.2, 0.25) is 0 Å². The Morgan fingerprint density at radius 3 is 2.71 bits per heavy atom. The maximum Gasteiger partial charge on any atom is 0.254 e. The normalized spacial score (nSPS) is 12.1. The molecule has 0 fully saturated rings. The molecule has 0 saturated carbocycles. The summed E-state index contributed by atoms with van der Waals surface area (Å²) in [6, 6.07) is 0. The van der Waals surface area contributed by atoms with Crippen LogP contribution in [0, 0.1) is 5.92 Å². The van der Waals surface area contributed by atoms with Crippen LogP contribution in [0.15, 0.2) is 18.7 Å². The monoisotopic (exact) mass is 299 g/mol. The van der Waals surface area contributed by atoms with Crippen LogP contribution in [0.1, 0.15) is 36.5 Å². The molecule has 0 bridgehead atoms. The Kier molecular flexibility index (Phi) is 6.77. The molecule has 4 nitrogen and oxygen atoms in total. The maximum absolute atomic E-state index is 11.8. The van der Waals surface area contributed by atoms with E-state index in [0.717, 1.165) is 24.6 Å². The van der Waals surface area contributed by atoms with Gasteiger partial charge in [0.05, 0.1) is 5.56 Å². The highest BCUT2D eigenvalue weighted by atomic mass is 79.9. The van der Waals surface area contributed by atoms with Crippen LogP contribution < -0.4 is 5.32 Å². The molecule has 0 aliphatic carbocycles. The summed E-state index contributed by atoms with van der Waals surface area (Å²) in [5.74, 6) is 0.439. The fourth-order valence-corrected chi connectivity index (χ4v) is 2.31. The van der Waals surface area contributed by atoms with Crippen LogP contribution >= 0.6 is 15.9 Å². The van der Waals surface area contributed by atoms with E-state index in [0.29, 0.717) is 18.0 Å². The zero-order valence-corrected chi connectivity index (χ0v) is 11.6. The molecule has 1 heterocycles. The summed E-state index contributed by atoms with van der Waals surface area (Å²) in [6.45, 7) is 2.88. The van der Waals surface area contributed by atoms with Crippen LogP contribution in [-0.4, -0.2) is 27.7 Å². The van der Waals surface area contributed by atoms with E-state index < -0.39 is 0 Å². The van der Waals surface area contributed by atoms with Gasteiger partial charge in [-0.2, -0.15) is 0 Å². The zero-order chi connectivity index (χ0) is 12.5. The van der Waals surface area contributed by atoms with Crippen LogP contribution in [0.4, 0.5) is 0 Å². The number of nitrogens with one attached hydrogen (secondary N) is 1. The van der Waals surface area contributed by atoms with Gasteiger partial charge >= 0.3 is 0 Å². The van der Waals surface area contributed by atoms with E-state index in [9.17, 15) is 4.79 Å². The number of amides is 1. The summed E-state index contributed by atoms with van der Waals surface area (Å²) < 4.78 is 0. The minimum Gasteiger partial charge on any atom is -0.352 e. The molecule has 0 spiro atoms. The quantitative estimate of drug-likeness (QED) is 0.787. The van der Waals surface area contributed by atoms with Crippen LogP contribution in [0.2, 0.25) is 0 Å². The van der Waals surface area contributed by atoms with E-state index in [1.165, 1.54) is 18.7 Å². The van der Waals surface area contributed by atoms with Gasteiger partial charge < -0.3 is 5.32 Å². The molecule has 1 N–H and O–H groups in total. The summed E-state index contributed by atoms with van der Waals surface area (Å²) in [5.41, 5.74) is 0.515. The molecule has 1 amide bonds. The summed E-state index contributed by atoms with van der Waals surface area (Å²) in [5, 5.41) is 3.90. The van der Waals surface area contributed by atoms with Crippen molar-refractivity contribution in [3.63, 3.8) is 0 Å². The lowest BCUT2D eigenvalue weighted by atomic mass is 10.0. The SMILES string of the molecule is CCCC(CCBr)CNC(=O)c1cncnc1. The van der Waals surface area contributed by atoms with Gasteiger partial charge in [0.1, 0.15) is 6.33 Å². The van der Waals surface area contributed by atoms with E-state index in [2.05, 4.69) is 38.1 Å². The Hall–Kier alpha value is -0.970. The Morgan fingerprint density at radius 1 is 1.41 bits per heavy atom. The van der Waals surface area contributed by atoms with Crippen LogP contribution in [0.5, 0.6) is 0 Å². The molecular formula is C12H18BrN3O. The number of alkyl halides is 1. The van der Waals surface area contributed by atoms with Crippen LogP contribution in [0.3, 0.4) is 0 Å². The van der Waals surface area contributed by atoms with Gasteiger partial charge in [-0.05, 0) is 18.8 Å². The second-order valence-corrected chi connectivity index (χ2v) is 4.76. The van der Waals surface area contributed by atoms with E-state index in [-0.39, 0.29) is 5.91 Å². The molecular weight excluding hydrogens is 282 g/mol. The number of halogens is 1. The number of carbonyl (C=O) groups excluding carboxylic acids is 1. The van der Waals surface area contributed by atoms with E-state index in [4.69, 9.17) is 0 Å². The lowest BCUT2D eigenvalue weighted by Crippen LogP contribution is -2.29. The molecule has 17 heavy (non-hydrogen) atoms. The van der Waals surface area contributed by atoms with Crippen molar-refractivity contribution < 1.29 is 4.79 Å². The van der Waals surface area contributed by atoms with Crippen molar-refractivity contribution in [2.45, 2.75) is 26.2 Å². The topological polar surface area (TPSA) is 54.9 Å². The fourth-order valence-electron chi connectivity index (χ4n) is 1.67. The summed E-state index contributed by atoms with van der Waals surface area (Å²) in [7, 11) is 0. The van der Waals surface area contributed by atoms with Gasteiger partial charge in [-0.1, -0.05) is 29.3 Å². The smallest absolute Gasteiger partial charge is 0.254 e. The maximum atomic E-state index is 11.8. The van der Waals surface area contributed by atoms with Gasteiger partial charge in [0.25, 0.3) is 5.91 Å². The van der Waals surface area contributed by atoms with Crippen molar-refractivity contribution in [3.05, 3.63) is 24.3 Å². The van der Waals surface area contributed by atoms with Gasteiger partial charge in [-0.25, -0.2) is 9.97 Å². The van der Waals surface area contributed by atoms with Crippen molar-refractivity contribution in [1.29, 1.82) is 0 Å². The second kappa shape index (κ2) is 8.17. The standard InChI is InChI=1S/C12H18BrN3O/c1-2-3-10(4-5-13)6-16-12(17)11-7-14-9-15-8-11/h7-10H,2-6H2,1H3,(H,16,17). The molecule has 5 heteroatoms. The van der Waals surface area contributed by atoms with Crippen molar-refractivity contribution >= 4 is 21.8 Å². The third-order valence-corrected chi connectivity index (χ3v) is 3.05. The first kappa shape index (κ1) is 14.1. The Balaban J connectivity index is 2.41. The van der Waals surface area contributed by atoms with Crippen molar-refractivity contribution in [3.8, 4) is 0 Å². The first-order valence-electron chi connectivity index (χ1n) is 5.87. The number of rotatable bonds is 7. The minimum atomic E-state index is -0.0960. The van der Waals surface area contributed by atoms with Gasteiger partial charge in [-0.15, -0.1) is 0 Å². The molecule has 0 aliphatic heterocycles. The number of hydrogen-bond acceptors (Lipinski definition) is 3. The molecule has 1 rings (SSSR count). The second-order valence-electron chi connectivity index (χ2n) is 3.97. The van der Waals surface area contributed by atoms with Crippen molar-refractivity contribution in [2.75, 3.05) is 11.9 Å². The molecule has 0 radical (unpaired) electrons. The number of aromatic nitrogens is 2. The summed E-state index contributed by atoms with van der Waals surface area (Å²) >= 11 is 3.44. The van der Waals surface area contributed by atoms with E-state index in [1.807, 2.05) is 0 Å². The lowest BCUT2D eigenvalue weighted by molar-refractivity contribution is 0.0945. The average molecular weight is 300 g/mol. The number of nitrogens with zero attached hydrogens (tertiary/aromatic N) is 2. The highest BCUT2D eigenvalue weighted by Gasteiger charge is 2.10. The lowest BCUT2D eigenvalue weighted by Gasteiger charge is -2.15. The Morgan fingerprint density at radius 2 is 2.12 bits per heavy atom. The fraction of sp³-hybridized carbons (Fsp3) is 0.583. The zero-order valence-electron chi connectivity index (χ0n) is 10.0. The minimum absolute atomic E-state index is 0.0960. The molecule has 0 aromatic carbocycles.